The van der Waals surface area contributed by atoms with E-state index >= 15 is 0 Å². The molecule has 154 valence electrons. The van der Waals surface area contributed by atoms with Gasteiger partial charge in [-0.3, -0.25) is 19.6 Å². The highest BCUT2D eigenvalue weighted by Gasteiger charge is 2.20. The minimum absolute atomic E-state index is 0.122. The first-order valence-electron chi connectivity index (χ1n) is 8.61. The van der Waals surface area contributed by atoms with E-state index in [1.807, 2.05) is 0 Å². The summed E-state index contributed by atoms with van der Waals surface area (Å²) in [5.74, 6) is -1.31. The lowest BCUT2D eigenvalue weighted by atomic mass is 10.2. The number of rotatable bonds is 6. The SMILES string of the molecule is Cc1ccc(S(=O)(=O)Nc2ccc(NC(=O)c3ccccc3F)cc2)cc1[N+](=O)[O-]. The Bertz CT molecular complexity index is 1230. The maximum atomic E-state index is 13.7. The van der Waals surface area contributed by atoms with E-state index < -0.39 is 26.7 Å². The maximum Gasteiger partial charge on any atom is 0.273 e. The third-order valence-electron chi connectivity index (χ3n) is 4.20. The van der Waals surface area contributed by atoms with Crippen molar-refractivity contribution in [2.75, 3.05) is 10.0 Å². The Balaban J connectivity index is 1.75. The summed E-state index contributed by atoms with van der Waals surface area (Å²) >= 11 is 0. The van der Waals surface area contributed by atoms with E-state index in [0.29, 0.717) is 11.3 Å². The summed E-state index contributed by atoms with van der Waals surface area (Å²) in [6, 6.07) is 14.8. The molecule has 0 unspecified atom stereocenters. The quantitative estimate of drug-likeness (QED) is 0.452. The third-order valence-corrected chi connectivity index (χ3v) is 5.58. The Morgan fingerprint density at radius 3 is 2.27 bits per heavy atom. The molecule has 0 aromatic heterocycles. The van der Waals surface area contributed by atoms with Crippen LogP contribution in [0.1, 0.15) is 15.9 Å². The molecular formula is C20H16FN3O5S. The maximum absolute atomic E-state index is 13.7. The smallest absolute Gasteiger partial charge is 0.273 e. The normalized spacial score (nSPS) is 11.0. The molecule has 1 amide bonds. The first-order chi connectivity index (χ1) is 14.2. The number of carbonyl (C=O) groups is 1. The number of benzene rings is 3. The summed E-state index contributed by atoms with van der Waals surface area (Å²) < 4.78 is 41.1. The van der Waals surface area contributed by atoms with Gasteiger partial charge in [-0.15, -0.1) is 0 Å². The highest BCUT2D eigenvalue weighted by Crippen LogP contribution is 2.24. The van der Waals surface area contributed by atoms with Crippen molar-refractivity contribution < 1.29 is 22.5 Å². The molecule has 0 aliphatic rings. The van der Waals surface area contributed by atoms with Crippen molar-refractivity contribution in [3.8, 4) is 0 Å². The predicted molar refractivity (Wildman–Crippen MR) is 109 cm³/mol. The van der Waals surface area contributed by atoms with Gasteiger partial charge in [0.2, 0.25) is 0 Å². The van der Waals surface area contributed by atoms with Gasteiger partial charge in [-0.05, 0) is 49.4 Å². The molecule has 0 heterocycles. The Morgan fingerprint density at radius 2 is 1.63 bits per heavy atom. The largest absolute Gasteiger partial charge is 0.322 e. The van der Waals surface area contributed by atoms with Crippen molar-refractivity contribution in [3.63, 3.8) is 0 Å². The lowest BCUT2D eigenvalue weighted by Gasteiger charge is -2.10. The van der Waals surface area contributed by atoms with Gasteiger partial charge >= 0.3 is 0 Å². The van der Waals surface area contributed by atoms with Gasteiger partial charge in [0.1, 0.15) is 5.82 Å². The number of nitro groups is 1. The first-order valence-corrected chi connectivity index (χ1v) is 10.1. The number of carbonyl (C=O) groups excluding carboxylic acids is 1. The molecule has 0 atom stereocenters. The summed E-state index contributed by atoms with van der Waals surface area (Å²) in [5, 5.41) is 13.6. The summed E-state index contributed by atoms with van der Waals surface area (Å²) in [6.07, 6.45) is 0. The highest BCUT2D eigenvalue weighted by atomic mass is 32.2. The number of amides is 1. The third kappa shape index (κ3) is 4.61. The van der Waals surface area contributed by atoms with Crippen molar-refractivity contribution >= 4 is 33.0 Å². The van der Waals surface area contributed by atoms with Crippen LogP contribution < -0.4 is 10.0 Å². The molecule has 0 aliphatic carbocycles. The number of nitro benzene ring substituents is 1. The fraction of sp³-hybridized carbons (Fsp3) is 0.0500. The van der Waals surface area contributed by atoms with Crippen molar-refractivity contribution in [2.24, 2.45) is 0 Å². The molecule has 0 saturated carbocycles. The van der Waals surface area contributed by atoms with Gasteiger partial charge in [0.05, 0.1) is 15.4 Å². The van der Waals surface area contributed by atoms with Crippen molar-refractivity contribution in [1.29, 1.82) is 0 Å². The van der Waals surface area contributed by atoms with E-state index in [4.69, 9.17) is 0 Å². The van der Waals surface area contributed by atoms with Gasteiger partial charge in [-0.2, -0.15) is 0 Å². The second-order valence-electron chi connectivity index (χ2n) is 6.32. The molecule has 0 bridgehead atoms. The number of hydrogen-bond donors (Lipinski definition) is 2. The van der Waals surface area contributed by atoms with Crippen LogP contribution in [0.25, 0.3) is 0 Å². The zero-order valence-corrected chi connectivity index (χ0v) is 16.4. The van der Waals surface area contributed by atoms with E-state index in [9.17, 15) is 27.7 Å². The van der Waals surface area contributed by atoms with Gasteiger partial charge in [0.15, 0.2) is 0 Å². The number of aryl methyl sites for hydroxylation is 1. The van der Waals surface area contributed by atoms with Gasteiger partial charge in [-0.1, -0.05) is 18.2 Å². The lowest BCUT2D eigenvalue weighted by molar-refractivity contribution is -0.385. The van der Waals surface area contributed by atoms with Crippen LogP contribution in [-0.2, 0) is 10.0 Å². The first kappa shape index (κ1) is 20.9. The molecule has 10 heteroatoms. The van der Waals surface area contributed by atoms with Crippen LogP contribution in [-0.4, -0.2) is 19.2 Å². The molecule has 0 saturated heterocycles. The number of anilines is 2. The molecule has 0 fully saturated rings. The van der Waals surface area contributed by atoms with Crippen molar-refractivity contribution in [2.45, 2.75) is 11.8 Å². The molecule has 3 aromatic rings. The zero-order chi connectivity index (χ0) is 21.9. The summed E-state index contributed by atoms with van der Waals surface area (Å²) in [4.78, 5) is 22.3. The van der Waals surface area contributed by atoms with E-state index in [-0.39, 0.29) is 21.8 Å². The standard InChI is InChI=1S/C20H16FN3O5S/c1-13-6-11-16(12-19(13)24(26)27)30(28,29)23-15-9-7-14(8-10-15)22-20(25)17-4-2-3-5-18(17)21/h2-12,23H,1H3,(H,22,25). The number of halogens is 1. The van der Waals surface area contributed by atoms with Gasteiger partial charge in [0, 0.05) is 23.0 Å². The second kappa shape index (κ2) is 8.29. The minimum Gasteiger partial charge on any atom is -0.322 e. The molecular weight excluding hydrogens is 413 g/mol. The van der Waals surface area contributed by atoms with Crippen molar-refractivity contribution in [1.82, 2.24) is 0 Å². The fourth-order valence-electron chi connectivity index (χ4n) is 2.63. The molecule has 30 heavy (non-hydrogen) atoms. The van der Waals surface area contributed by atoms with E-state index in [1.165, 1.54) is 67.6 Å². The molecule has 8 nitrogen and oxygen atoms in total. The molecule has 0 radical (unpaired) electrons. The number of nitrogens with one attached hydrogen (secondary N) is 2. The minimum atomic E-state index is -4.06. The Kier molecular flexibility index (Phi) is 5.79. The molecule has 0 spiro atoms. The van der Waals surface area contributed by atoms with Crippen LogP contribution in [0.2, 0.25) is 0 Å². The lowest BCUT2D eigenvalue weighted by Crippen LogP contribution is -2.15. The van der Waals surface area contributed by atoms with Crippen LogP contribution in [0.4, 0.5) is 21.5 Å². The van der Waals surface area contributed by atoms with Crippen LogP contribution in [0.5, 0.6) is 0 Å². The second-order valence-corrected chi connectivity index (χ2v) is 8.00. The average molecular weight is 429 g/mol. The van der Waals surface area contributed by atoms with Crippen LogP contribution in [0.3, 0.4) is 0 Å². The topological polar surface area (TPSA) is 118 Å². The van der Waals surface area contributed by atoms with E-state index in [1.54, 1.807) is 0 Å². The average Bonchev–Trinajstić information content (AvgIpc) is 2.69. The molecule has 3 rings (SSSR count). The van der Waals surface area contributed by atoms with Crippen LogP contribution >= 0.6 is 0 Å². The van der Waals surface area contributed by atoms with Crippen LogP contribution in [0, 0.1) is 22.9 Å². The Hall–Kier alpha value is -3.79. The monoisotopic (exact) mass is 429 g/mol. The van der Waals surface area contributed by atoms with Gasteiger partial charge < -0.3 is 5.32 Å². The highest BCUT2D eigenvalue weighted by molar-refractivity contribution is 7.92. The Labute approximate surface area is 171 Å². The van der Waals surface area contributed by atoms with Crippen LogP contribution in [0.15, 0.2) is 71.6 Å². The molecule has 0 aliphatic heterocycles. The van der Waals surface area contributed by atoms with Gasteiger partial charge in [0.25, 0.3) is 21.6 Å². The van der Waals surface area contributed by atoms with E-state index in [0.717, 1.165) is 6.07 Å². The van der Waals surface area contributed by atoms with Crippen molar-refractivity contribution in [3.05, 3.63) is 93.8 Å². The Morgan fingerprint density at radius 1 is 1.00 bits per heavy atom. The number of hydrogen-bond acceptors (Lipinski definition) is 5. The summed E-state index contributed by atoms with van der Waals surface area (Å²) in [5.41, 5.74) is 0.431. The summed E-state index contributed by atoms with van der Waals surface area (Å²) in [7, 11) is -4.06. The number of nitrogens with zero attached hydrogens (tertiary/aromatic N) is 1. The fourth-order valence-corrected chi connectivity index (χ4v) is 3.71. The zero-order valence-electron chi connectivity index (χ0n) is 15.6. The van der Waals surface area contributed by atoms with E-state index in [2.05, 4.69) is 10.0 Å². The molecule has 2 N–H and O–H groups in total. The summed E-state index contributed by atoms with van der Waals surface area (Å²) in [6.45, 7) is 1.51. The van der Waals surface area contributed by atoms with Gasteiger partial charge in [-0.25, -0.2) is 12.8 Å². The predicted octanol–water partition coefficient (Wildman–Crippen LogP) is 4.10. The number of sulfonamides is 1. The molecule has 3 aromatic carbocycles.